The highest BCUT2D eigenvalue weighted by Gasteiger charge is 2.19. The Kier molecular flexibility index (Phi) is 7.66. The summed E-state index contributed by atoms with van der Waals surface area (Å²) >= 11 is 6.93. The Labute approximate surface area is 194 Å². The van der Waals surface area contributed by atoms with E-state index in [0.29, 0.717) is 22.0 Å². The topological polar surface area (TPSA) is 117 Å². The fourth-order valence-corrected chi connectivity index (χ4v) is 3.49. The molecule has 0 radical (unpaired) electrons. The predicted molar refractivity (Wildman–Crippen MR) is 127 cm³/mol. The molecule has 0 spiro atoms. The number of rotatable bonds is 7. The van der Waals surface area contributed by atoms with Gasteiger partial charge in [-0.25, -0.2) is 0 Å². The Morgan fingerprint density at radius 2 is 1.66 bits per heavy atom. The van der Waals surface area contributed by atoms with Gasteiger partial charge in [-0.1, -0.05) is 55.4 Å². The molecule has 3 N–H and O–H groups in total. The Hall–Kier alpha value is -3.17. The standard InChI is InChI=1S/C22H22ClN5O3S/c1-12(2)19(29)25-17-7-5-4-6-16(17)18-21(31)26-22(28-27-18)32-13(3)20(30)24-15-10-8-14(23)9-11-15/h4-13H,1-3H3,(H,24,30)(H,25,29)(H,26,28,31)/t13-/m0/s1. The summed E-state index contributed by atoms with van der Waals surface area (Å²) < 4.78 is 0. The van der Waals surface area contributed by atoms with Crippen LogP contribution in [0.2, 0.25) is 5.02 Å². The van der Waals surface area contributed by atoms with Gasteiger partial charge in [0.1, 0.15) is 0 Å². The van der Waals surface area contributed by atoms with E-state index in [1.165, 1.54) is 0 Å². The van der Waals surface area contributed by atoms with Crippen molar-refractivity contribution < 1.29 is 9.59 Å². The SMILES string of the molecule is CC(C)C(=O)Nc1ccccc1-c1nnc(S[C@@H](C)C(=O)Nc2ccc(Cl)cc2)[nH]c1=O. The summed E-state index contributed by atoms with van der Waals surface area (Å²) in [5, 5.41) is 13.9. The highest BCUT2D eigenvalue weighted by atomic mass is 35.5. The summed E-state index contributed by atoms with van der Waals surface area (Å²) in [6, 6.07) is 13.6. The lowest BCUT2D eigenvalue weighted by atomic mass is 10.1. The van der Waals surface area contributed by atoms with Crippen LogP contribution in [-0.4, -0.2) is 32.2 Å². The lowest BCUT2D eigenvalue weighted by molar-refractivity contribution is -0.119. The number of hydrogen-bond donors (Lipinski definition) is 3. The van der Waals surface area contributed by atoms with E-state index in [1.807, 2.05) is 0 Å². The van der Waals surface area contributed by atoms with Gasteiger partial charge in [-0.05, 0) is 37.3 Å². The first-order chi connectivity index (χ1) is 15.2. The van der Waals surface area contributed by atoms with Crippen LogP contribution in [0.3, 0.4) is 0 Å². The van der Waals surface area contributed by atoms with Gasteiger partial charge in [0.2, 0.25) is 11.8 Å². The Morgan fingerprint density at radius 3 is 2.31 bits per heavy atom. The lowest BCUT2D eigenvalue weighted by Crippen LogP contribution is -2.24. The van der Waals surface area contributed by atoms with Crippen LogP contribution in [0.1, 0.15) is 20.8 Å². The van der Waals surface area contributed by atoms with Gasteiger partial charge in [-0.2, -0.15) is 0 Å². The number of halogens is 1. The summed E-state index contributed by atoms with van der Waals surface area (Å²) in [7, 11) is 0. The van der Waals surface area contributed by atoms with Gasteiger partial charge in [0, 0.05) is 22.2 Å². The van der Waals surface area contributed by atoms with Crippen molar-refractivity contribution in [3.05, 3.63) is 63.9 Å². The number of anilines is 2. The van der Waals surface area contributed by atoms with Crippen LogP contribution in [0.5, 0.6) is 0 Å². The van der Waals surface area contributed by atoms with Gasteiger partial charge in [0.25, 0.3) is 5.56 Å². The molecule has 0 aliphatic rings. The number of benzene rings is 2. The molecule has 166 valence electrons. The average molecular weight is 472 g/mol. The van der Waals surface area contributed by atoms with E-state index in [9.17, 15) is 14.4 Å². The molecule has 32 heavy (non-hydrogen) atoms. The van der Waals surface area contributed by atoms with Gasteiger partial charge in [-0.3, -0.25) is 19.4 Å². The summed E-state index contributed by atoms with van der Waals surface area (Å²) in [6.45, 7) is 5.25. The summed E-state index contributed by atoms with van der Waals surface area (Å²) in [5.74, 6) is -0.646. The zero-order valence-corrected chi connectivity index (χ0v) is 19.3. The predicted octanol–water partition coefficient (Wildman–Crippen LogP) is 4.20. The normalized spacial score (nSPS) is 11.8. The Morgan fingerprint density at radius 1 is 0.969 bits per heavy atom. The van der Waals surface area contributed by atoms with Gasteiger partial charge in [0.15, 0.2) is 10.9 Å². The van der Waals surface area contributed by atoms with Crippen molar-refractivity contribution in [3.8, 4) is 11.3 Å². The van der Waals surface area contributed by atoms with E-state index in [4.69, 9.17) is 11.6 Å². The fourth-order valence-electron chi connectivity index (χ4n) is 2.63. The van der Waals surface area contributed by atoms with Crippen LogP contribution in [0.25, 0.3) is 11.3 Å². The quantitative estimate of drug-likeness (QED) is 0.444. The number of aromatic amines is 1. The molecule has 1 heterocycles. The molecule has 0 aliphatic carbocycles. The van der Waals surface area contributed by atoms with E-state index in [1.54, 1.807) is 69.3 Å². The van der Waals surface area contributed by atoms with Crippen molar-refractivity contribution in [2.75, 3.05) is 10.6 Å². The second kappa shape index (κ2) is 10.4. The maximum atomic E-state index is 12.7. The minimum atomic E-state index is -0.543. The average Bonchev–Trinajstić information content (AvgIpc) is 2.76. The van der Waals surface area contributed by atoms with Crippen molar-refractivity contribution in [3.63, 3.8) is 0 Å². The molecule has 3 rings (SSSR count). The van der Waals surface area contributed by atoms with Crippen molar-refractivity contribution in [2.24, 2.45) is 5.92 Å². The van der Waals surface area contributed by atoms with Gasteiger partial charge < -0.3 is 10.6 Å². The van der Waals surface area contributed by atoms with Crippen molar-refractivity contribution >= 4 is 46.6 Å². The molecule has 2 aromatic carbocycles. The van der Waals surface area contributed by atoms with E-state index in [0.717, 1.165) is 11.8 Å². The van der Waals surface area contributed by atoms with Crippen LogP contribution >= 0.6 is 23.4 Å². The summed E-state index contributed by atoms with van der Waals surface area (Å²) in [5.41, 5.74) is 1.15. The molecule has 0 unspecified atom stereocenters. The number of thioether (sulfide) groups is 1. The number of H-pyrrole nitrogens is 1. The number of para-hydroxylation sites is 1. The van der Waals surface area contributed by atoms with Crippen LogP contribution < -0.4 is 16.2 Å². The van der Waals surface area contributed by atoms with E-state index < -0.39 is 10.8 Å². The first kappa shape index (κ1) is 23.5. The van der Waals surface area contributed by atoms with Gasteiger partial charge in [0.05, 0.1) is 10.9 Å². The fraction of sp³-hybridized carbons (Fsp3) is 0.227. The second-order valence-electron chi connectivity index (χ2n) is 7.25. The highest BCUT2D eigenvalue weighted by molar-refractivity contribution is 8.00. The third-order valence-corrected chi connectivity index (χ3v) is 5.64. The third-order valence-electron chi connectivity index (χ3n) is 4.41. The third kappa shape index (κ3) is 5.95. The number of carbonyl (C=O) groups excluding carboxylic acids is 2. The van der Waals surface area contributed by atoms with Crippen LogP contribution in [0, 0.1) is 5.92 Å². The number of nitrogens with one attached hydrogen (secondary N) is 3. The Bertz CT molecular complexity index is 1180. The molecule has 3 aromatic rings. The number of nitrogens with zero attached hydrogens (tertiary/aromatic N) is 2. The maximum Gasteiger partial charge on any atom is 0.278 e. The first-order valence-electron chi connectivity index (χ1n) is 9.85. The number of carbonyl (C=O) groups is 2. The van der Waals surface area contributed by atoms with Crippen molar-refractivity contribution in [1.82, 2.24) is 15.2 Å². The molecular formula is C22H22ClN5O3S. The molecule has 0 saturated heterocycles. The van der Waals surface area contributed by atoms with Crippen molar-refractivity contribution in [2.45, 2.75) is 31.2 Å². The van der Waals surface area contributed by atoms with E-state index in [2.05, 4.69) is 25.8 Å². The number of hydrogen-bond acceptors (Lipinski definition) is 6. The molecule has 1 atom stereocenters. The van der Waals surface area contributed by atoms with E-state index >= 15 is 0 Å². The van der Waals surface area contributed by atoms with Crippen LogP contribution in [-0.2, 0) is 9.59 Å². The first-order valence-corrected chi connectivity index (χ1v) is 11.1. The Balaban J connectivity index is 1.74. The molecule has 10 heteroatoms. The molecule has 1 aromatic heterocycles. The molecule has 0 aliphatic heterocycles. The molecule has 0 saturated carbocycles. The maximum absolute atomic E-state index is 12.7. The van der Waals surface area contributed by atoms with Crippen LogP contribution in [0.15, 0.2) is 58.5 Å². The molecule has 0 fully saturated rings. The highest BCUT2D eigenvalue weighted by Crippen LogP contribution is 2.25. The summed E-state index contributed by atoms with van der Waals surface area (Å²) in [4.78, 5) is 39.9. The monoisotopic (exact) mass is 471 g/mol. The zero-order chi connectivity index (χ0) is 23.3. The van der Waals surface area contributed by atoms with Gasteiger partial charge >= 0.3 is 0 Å². The lowest BCUT2D eigenvalue weighted by Gasteiger charge is -2.13. The van der Waals surface area contributed by atoms with Crippen molar-refractivity contribution in [1.29, 1.82) is 0 Å². The summed E-state index contributed by atoms with van der Waals surface area (Å²) in [6.07, 6.45) is 0. The minimum absolute atomic E-state index is 0.0762. The second-order valence-corrected chi connectivity index (χ2v) is 9.02. The molecule has 8 nitrogen and oxygen atoms in total. The number of amides is 2. The molecule has 2 amide bonds. The van der Waals surface area contributed by atoms with Crippen LogP contribution in [0.4, 0.5) is 11.4 Å². The molecular weight excluding hydrogens is 450 g/mol. The van der Waals surface area contributed by atoms with Gasteiger partial charge in [-0.15, -0.1) is 10.2 Å². The zero-order valence-electron chi connectivity index (χ0n) is 17.7. The number of aromatic nitrogens is 3. The largest absolute Gasteiger partial charge is 0.325 e. The molecule has 0 bridgehead atoms. The van der Waals surface area contributed by atoms with E-state index in [-0.39, 0.29) is 28.6 Å². The smallest absolute Gasteiger partial charge is 0.278 e. The minimum Gasteiger partial charge on any atom is -0.325 e.